The number of sulfone groups is 1. The second-order valence-corrected chi connectivity index (χ2v) is 7.33. The lowest BCUT2D eigenvalue weighted by Crippen LogP contribution is -2.39. The zero-order valence-electron chi connectivity index (χ0n) is 9.52. The van der Waals surface area contributed by atoms with Crippen molar-refractivity contribution >= 4 is 25.8 Å². The summed E-state index contributed by atoms with van der Waals surface area (Å²) >= 11 is 3.30. The molecule has 1 aliphatic rings. The van der Waals surface area contributed by atoms with E-state index >= 15 is 0 Å². The number of hydrogen-bond acceptors (Lipinski definition) is 3. The highest BCUT2D eigenvalue weighted by Crippen LogP contribution is 2.18. The highest BCUT2D eigenvalue weighted by Gasteiger charge is 2.22. The first kappa shape index (κ1) is 13.1. The van der Waals surface area contributed by atoms with Crippen LogP contribution in [0.2, 0.25) is 0 Å². The van der Waals surface area contributed by atoms with Gasteiger partial charge < -0.3 is 5.32 Å². The van der Waals surface area contributed by atoms with E-state index in [2.05, 4.69) is 21.2 Å². The normalized spacial score (nSPS) is 21.4. The van der Waals surface area contributed by atoms with Gasteiger partial charge in [0.2, 0.25) is 0 Å². The van der Waals surface area contributed by atoms with Gasteiger partial charge in [-0.15, -0.1) is 0 Å². The maximum absolute atomic E-state index is 12.2. The molecule has 1 N–H and O–H groups in total. The molecule has 17 heavy (non-hydrogen) atoms. The van der Waals surface area contributed by atoms with E-state index in [1.807, 2.05) is 0 Å². The van der Waals surface area contributed by atoms with Gasteiger partial charge in [-0.3, -0.25) is 0 Å². The first-order chi connectivity index (χ1) is 8.08. The third kappa shape index (κ3) is 3.53. The number of piperidine rings is 1. The van der Waals surface area contributed by atoms with Crippen LogP contribution >= 0.6 is 15.9 Å². The van der Waals surface area contributed by atoms with Gasteiger partial charge >= 0.3 is 0 Å². The topological polar surface area (TPSA) is 46.2 Å². The van der Waals surface area contributed by atoms with Gasteiger partial charge in [0, 0.05) is 10.5 Å². The van der Waals surface area contributed by atoms with Crippen LogP contribution in [0, 0.1) is 0 Å². The molecular formula is C12H16BrNO2S. The predicted molar refractivity (Wildman–Crippen MR) is 71.8 cm³/mol. The first-order valence-corrected chi connectivity index (χ1v) is 8.24. The molecule has 1 aromatic carbocycles. The van der Waals surface area contributed by atoms with Gasteiger partial charge in [0.1, 0.15) is 0 Å². The Kier molecular flexibility index (Phi) is 4.22. The minimum atomic E-state index is -3.16. The summed E-state index contributed by atoms with van der Waals surface area (Å²) in [6, 6.07) is 6.95. The summed E-state index contributed by atoms with van der Waals surface area (Å²) in [7, 11) is -3.16. The Labute approximate surface area is 111 Å². The van der Waals surface area contributed by atoms with Crippen LogP contribution in [0.15, 0.2) is 33.6 Å². The molecule has 1 saturated heterocycles. The molecular weight excluding hydrogens is 302 g/mol. The molecule has 0 radical (unpaired) electrons. The molecule has 3 nitrogen and oxygen atoms in total. The minimum Gasteiger partial charge on any atom is -0.313 e. The molecule has 2 rings (SSSR count). The van der Waals surface area contributed by atoms with Gasteiger partial charge in [0.15, 0.2) is 9.84 Å². The summed E-state index contributed by atoms with van der Waals surface area (Å²) < 4.78 is 25.2. The van der Waals surface area contributed by atoms with Crippen LogP contribution in [0.3, 0.4) is 0 Å². The maximum Gasteiger partial charge on any atom is 0.179 e. The molecule has 0 aliphatic carbocycles. The molecule has 0 spiro atoms. The molecule has 1 atom stereocenters. The first-order valence-electron chi connectivity index (χ1n) is 5.80. The second kappa shape index (κ2) is 5.50. The van der Waals surface area contributed by atoms with Crippen LogP contribution in [0.4, 0.5) is 0 Å². The van der Waals surface area contributed by atoms with Crippen molar-refractivity contribution < 1.29 is 8.42 Å². The summed E-state index contributed by atoms with van der Waals surface area (Å²) in [6.45, 7) is 0.931. The largest absolute Gasteiger partial charge is 0.313 e. The molecule has 5 heteroatoms. The van der Waals surface area contributed by atoms with Crippen molar-refractivity contribution in [1.29, 1.82) is 0 Å². The van der Waals surface area contributed by atoms with Gasteiger partial charge in [-0.05, 0) is 43.7 Å². The Bertz CT molecular complexity index is 464. The van der Waals surface area contributed by atoms with Crippen LogP contribution < -0.4 is 5.32 Å². The van der Waals surface area contributed by atoms with E-state index in [1.165, 1.54) is 0 Å². The van der Waals surface area contributed by atoms with Gasteiger partial charge in [-0.1, -0.05) is 22.4 Å². The van der Waals surface area contributed by atoms with Crippen LogP contribution in [-0.2, 0) is 9.84 Å². The van der Waals surface area contributed by atoms with Crippen molar-refractivity contribution in [3.8, 4) is 0 Å². The zero-order valence-corrected chi connectivity index (χ0v) is 11.9. The lowest BCUT2D eigenvalue weighted by molar-refractivity contribution is 0.423. The third-order valence-electron chi connectivity index (χ3n) is 3.01. The van der Waals surface area contributed by atoms with Crippen LogP contribution in [0.25, 0.3) is 0 Å². The smallest absolute Gasteiger partial charge is 0.179 e. The Hall–Kier alpha value is -0.390. The fourth-order valence-electron chi connectivity index (χ4n) is 2.07. The Morgan fingerprint density at radius 2 is 1.94 bits per heavy atom. The van der Waals surface area contributed by atoms with Gasteiger partial charge in [-0.25, -0.2) is 8.42 Å². The Morgan fingerprint density at radius 1 is 1.24 bits per heavy atom. The lowest BCUT2D eigenvalue weighted by atomic mass is 10.1. The average Bonchev–Trinajstić information content (AvgIpc) is 2.30. The van der Waals surface area contributed by atoms with E-state index in [1.54, 1.807) is 24.3 Å². The standard InChI is InChI=1S/C12H16BrNO2S/c13-10-4-6-12(7-5-10)17(15,16)9-11-3-1-2-8-14-11/h4-7,11,14H,1-3,8-9H2/t11-/m1/s1. The van der Waals surface area contributed by atoms with E-state index in [-0.39, 0.29) is 11.8 Å². The summed E-state index contributed by atoms with van der Waals surface area (Å²) in [5.74, 6) is 0.203. The Balaban J connectivity index is 2.10. The van der Waals surface area contributed by atoms with E-state index in [9.17, 15) is 8.42 Å². The molecule has 1 aromatic rings. The summed E-state index contributed by atoms with van der Waals surface area (Å²) in [5, 5.41) is 3.27. The summed E-state index contributed by atoms with van der Waals surface area (Å²) in [6.07, 6.45) is 3.22. The molecule has 1 aliphatic heterocycles. The van der Waals surface area contributed by atoms with E-state index in [0.717, 1.165) is 30.3 Å². The summed E-state index contributed by atoms with van der Waals surface area (Å²) in [5.41, 5.74) is 0. The molecule has 94 valence electrons. The van der Waals surface area contributed by atoms with Gasteiger partial charge in [0.25, 0.3) is 0 Å². The lowest BCUT2D eigenvalue weighted by Gasteiger charge is -2.23. The monoisotopic (exact) mass is 317 g/mol. The average molecular weight is 318 g/mol. The SMILES string of the molecule is O=S(=O)(C[C@H]1CCCCN1)c1ccc(Br)cc1. The van der Waals surface area contributed by atoms with E-state index in [0.29, 0.717) is 4.90 Å². The third-order valence-corrected chi connectivity index (χ3v) is 5.37. The number of hydrogen-bond donors (Lipinski definition) is 1. The fourth-order valence-corrected chi connectivity index (χ4v) is 3.89. The highest BCUT2D eigenvalue weighted by molar-refractivity contribution is 9.10. The summed E-state index contributed by atoms with van der Waals surface area (Å²) in [4.78, 5) is 0.410. The van der Waals surface area contributed by atoms with Crippen molar-refractivity contribution in [2.45, 2.75) is 30.2 Å². The van der Waals surface area contributed by atoms with Crippen molar-refractivity contribution in [3.63, 3.8) is 0 Å². The molecule has 0 unspecified atom stereocenters. The maximum atomic E-state index is 12.2. The van der Waals surface area contributed by atoms with Gasteiger partial charge in [0.05, 0.1) is 10.6 Å². The number of benzene rings is 1. The number of nitrogens with one attached hydrogen (secondary N) is 1. The Morgan fingerprint density at radius 3 is 2.53 bits per heavy atom. The van der Waals surface area contributed by atoms with Crippen LogP contribution in [0.5, 0.6) is 0 Å². The number of rotatable bonds is 3. The predicted octanol–water partition coefficient (Wildman–Crippen LogP) is 2.36. The molecule has 1 heterocycles. The molecule has 0 bridgehead atoms. The van der Waals surface area contributed by atoms with Crippen molar-refractivity contribution in [2.75, 3.05) is 12.3 Å². The molecule has 0 amide bonds. The van der Waals surface area contributed by atoms with E-state index in [4.69, 9.17) is 0 Å². The second-order valence-electron chi connectivity index (χ2n) is 4.38. The van der Waals surface area contributed by atoms with Crippen molar-refractivity contribution in [2.24, 2.45) is 0 Å². The molecule has 1 fully saturated rings. The van der Waals surface area contributed by atoms with Crippen LogP contribution in [0.1, 0.15) is 19.3 Å². The van der Waals surface area contributed by atoms with E-state index < -0.39 is 9.84 Å². The number of halogens is 1. The minimum absolute atomic E-state index is 0.109. The van der Waals surface area contributed by atoms with Gasteiger partial charge in [-0.2, -0.15) is 0 Å². The quantitative estimate of drug-likeness (QED) is 0.931. The fraction of sp³-hybridized carbons (Fsp3) is 0.500. The molecule has 0 saturated carbocycles. The highest BCUT2D eigenvalue weighted by atomic mass is 79.9. The van der Waals surface area contributed by atoms with Crippen LogP contribution in [-0.4, -0.2) is 26.8 Å². The zero-order chi connectivity index (χ0) is 12.3. The van der Waals surface area contributed by atoms with Crippen molar-refractivity contribution in [1.82, 2.24) is 5.32 Å². The molecule has 0 aromatic heterocycles. The van der Waals surface area contributed by atoms with Crippen molar-refractivity contribution in [3.05, 3.63) is 28.7 Å².